The molecule has 1 fully saturated rings. The first kappa shape index (κ1) is 16.5. The molecule has 1 atom stereocenters. The van der Waals surface area contributed by atoms with Crippen molar-refractivity contribution in [1.82, 2.24) is 5.32 Å². The van der Waals surface area contributed by atoms with Crippen molar-refractivity contribution in [3.63, 3.8) is 0 Å². The molecule has 0 aromatic heterocycles. The molecule has 1 unspecified atom stereocenters. The molecule has 5 heteroatoms. The number of amides is 1. The van der Waals surface area contributed by atoms with Crippen LogP contribution in [0, 0.1) is 11.7 Å². The number of rotatable bonds is 7. The minimum atomic E-state index is -1.10. The number of carbonyl (C=O) groups excluding carboxylic acids is 1. The van der Waals surface area contributed by atoms with E-state index in [1.54, 1.807) is 30.3 Å². The molecule has 1 aliphatic rings. The largest absolute Gasteiger partial charge is 0.492 e. The minimum absolute atomic E-state index is 0.0727. The number of nitrogens with one attached hydrogen (secondary N) is 1. The van der Waals surface area contributed by atoms with Crippen molar-refractivity contribution in [2.24, 2.45) is 5.92 Å². The zero-order valence-electron chi connectivity index (χ0n) is 13.2. The van der Waals surface area contributed by atoms with Gasteiger partial charge in [0, 0.05) is 12.1 Å². The maximum Gasteiger partial charge on any atom is 0.255 e. The van der Waals surface area contributed by atoms with Gasteiger partial charge in [0.2, 0.25) is 0 Å². The highest BCUT2D eigenvalue weighted by Crippen LogP contribution is 2.30. The summed E-state index contributed by atoms with van der Waals surface area (Å²) in [5.74, 6) is 0.274. The second-order valence-corrected chi connectivity index (χ2v) is 6.00. The van der Waals surface area contributed by atoms with Crippen LogP contribution >= 0.6 is 0 Å². The summed E-state index contributed by atoms with van der Waals surface area (Å²) >= 11 is 0. The summed E-state index contributed by atoms with van der Waals surface area (Å²) in [7, 11) is 0. The molecule has 1 amide bonds. The van der Waals surface area contributed by atoms with Gasteiger partial charge in [-0.15, -0.1) is 0 Å². The highest BCUT2D eigenvalue weighted by atomic mass is 19.1. The first-order valence-corrected chi connectivity index (χ1v) is 8.07. The van der Waals surface area contributed by atoms with Gasteiger partial charge in [0.15, 0.2) is 0 Å². The van der Waals surface area contributed by atoms with E-state index in [0.29, 0.717) is 23.8 Å². The number of aliphatic hydroxyl groups excluding tert-OH is 1. The number of para-hydroxylation sites is 1. The van der Waals surface area contributed by atoms with Crippen LogP contribution in [0.1, 0.15) is 34.9 Å². The van der Waals surface area contributed by atoms with Gasteiger partial charge in [0.05, 0.1) is 18.3 Å². The van der Waals surface area contributed by atoms with Crippen LogP contribution in [0.5, 0.6) is 5.75 Å². The Kier molecular flexibility index (Phi) is 5.11. The molecule has 2 aromatic carbocycles. The van der Waals surface area contributed by atoms with Gasteiger partial charge in [-0.1, -0.05) is 30.3 Å². The quantitative estimate of drug-likeness (QED) is 0.821. The Bertz CT molecular complexity index is 715. The number of ether oxygens (including phenoxy) is 1. The summed E-state index contributed by atoms with van der Waals surface area (Å²) in [6, 6.07) is 13.0. The summed E-state index contributed by atoms with van der Waals surface area (Å²) in [6.45, 7) is 0.541. The third-order valence-corrected chi connectivity index (χ3v) is 4.02. The standard InChI is InChI=1S/C19H20FNO3/c20-16-7-3-1-5-14(16)17(22)11-21-19(23)15-6-2-4-8-18(15)24-12-13-9-10-13/h1-8,13,17,22H,9-12H2,(H,21,23). The number of aliphatic hydroxyl groups is 1. The van der Waals surface area contributed by atoms with Crippen LogP contribution in [0.2, 0.25) is 0 Å². The van der Waals surface area contributed by atoms with Gasteiger partial charge < -0.3 is 15.2 Å². The molecule has 1 saturated carbocycles. The van der Waals surface area contributed by atoms with Crippen molar-refractivity contribution in [3.05, 3.63) is 65.5 Å². The van der Waals surface area contributed by atoms with Gasteiger partial charge in [-0.3, -0.25) is 4.79 Å². The van der Waals surface area contributed by atoms with Crippen LogP contribution in [0.3, 0.4) is 0 Å². The fourth-order valence-electron chi connectivity index (χ4n) is 2.41. The summed E-state index contributed by atoms with van der Waals surface area (Å²) in [6.07, 6.45) is 1.24. The van der Waals surface area contributed by atoms with E-state index < -0.39 is 11.9 Å². The summed E-state index contributed by atoms with van der Waals surface area (Å²) in [5.41, 5.74) is 0.579. The monoisotopic (exact) mass is 329 g/mol. The Morgan fingerprint density at radius 2 is 1.92 bits per heavy atom. The second kappa shape index (κ2) is 7.45. The smallest absolute Gasteiger partial charge is 0.255 e. The van der Waals surface area contributed by atoms with Crippen molar-refractivity contribution in [2.75, 3.05) is 13.2 Å². The third kappa shape index (κ3) is 4.11. The van der Waals surface area contributed by atoms with E-state index in [0.717, 1.165) is 0 Å². The van der Waals surface area contributed by atoms with Crippen molar-refractivity contribution >= 4 is 5.91 Å². The van der Waals surface area contributed by atoms with E-state index >= 15 is 0 Å². The number of benzene rings is 2. The van der Waals surface area contributed by atoms with Crippen LogP contribution in [0.4, 0.5) is 4.39 Å². The molecule has 126 valence electrons. The zero-order valence-corrected chi connectivity index (χ0v) is 13.2. The lowest BCUT2D eigenvalue weighted by Gasteiger charge is -2.15. The molecule has 0 saturated heterocycles. The molecule has 0 radical (unpaired) electrons. The molecule has 2 aromatic rings. The lowest BCUT2D eigenvalue weighted by Crippen LogP contribution is -2.29. The molecule has 1 aliphatic carbocycles. The van der Waals surface area contributed by atoms with Crippen molar-refractivity contribution in [1.29, 1.82) is 0 Å². The van der Waals surface area contributed by atoms with Gasteiger partial charge >= 0.3 is 0 Å². The Morgan fingerprint density at radius 3 is 2.67 bits per heavy atom. The van der Waals surface area contributed by atoms with E-state index in [4.69, 9.17) is 4.74 Å². The molecule has 0 bridgehead atoms. The molecule has 4 nitrogen and oxygen atoms in total. The van der Waals surface area contributed by atoms with Gasteiger partial charge in [-0.25, -0.2) is 4.39 Å². The zero-order chi connectivity index (χ0) is 16.9. The minimum Gasteiger partial charge on any atom is -0.492 e. The Hall–Kier alpha value is -2.40. The number of carbonyl (C=O) groups is 1. The van der Waals surface area contributed by atoms with Crippen molar-refractivity contribution in [3.8, 4) is 5.75 Å². The first-order valence-electron chi connectivity index (χ1n) is 8.07. The maximum atomic E-state index is 13.6. The average molecular weight is 329 g/mol. The van der Waals surface area contributed by atoms with E-state index in [-0.39, 0.29) is 18.0 Å². The first-order chi connectivity index (χ1) is 11.6. The number of hydrogen-bond acceptors (Lipinski definition) is 3. The molecule has 3 rings (SSSR count). The normalized spacial score (nSPS) is 14.9. The maximum absolute atomic E-state index is 13.6. The highest BCUT2D eigenvalue weighted by Gasteiger charge is 2.23. The molecule has 24 heavy (non-hydrogen) atoms. The van der Waals surface area contributed by atoms with Gasteiger partial charge in [0.25, 0.3) is 5.91 Å². The lowest BCUT2D eigenvalue weighted by molar-refractivity contribution is 0.0909. The van der Waals surface area contributed by atoms with Crippen molar-refractivity contribution < 1.29 is 19.0 Å². The fraction of sp³-hybridized carbons (Fsp3) is 0.316. The van der Waals surface area contributed by atoms with Crippen LogP contribution < -0.4 is 10.1 Å². The Morgan fingerprint density at radius 1 is 1.21 bits per heavy atom. The van der Waals surface area contributed by atoms with Crippen LogP contribution in [0.25, 0.3) is 0 Å². The topological polar surface area (TPSA) is 58.6 Å². The fourth-order valence-corrected chi connectivity index (χ4v) is 2.41. The highest BCUT2D eigenvalue weighted by molar-refractivity contribution is 5.96. The molecular weight excluding hydrogens is 309 g/mol. The average Bonchev–Trinajstić information content (AvgIpc) is 3.42. The summed E-state index contributed by atoms with van der Waals surface area (Å²) in [4.78, 5) is 12.4. The second-order valence-electron chi connectivity index (χ2n) is 6.00. The molecule has 0 aliphatic heterocycles. The van der Waals surface area contributed by atoms with Crippen molar-refractivity contribution in [2.45, 2.75) is 18.9 Å². The Balaban J connectivity index is 1.61. The Labute approximate surface area is 140 Å². The lowest BCUT2D eigenvalue weighted by atomic mass is 10.1. The SMILES string of the molecule is O=C(NCC(O)c1ccccc1F)c1ccccc1OCC1CC1. The number of halogens is 1. The third-order valence-electron chi connectivity index (χ3n) is 4.02. The van der Waals surface area contributed by atoms with E-state index in [1.807, 2.05) is 6.07 Å². The van der Waals surface area contributed by atoms with Crippen LogP contribution in [0.15, 0.2) is 48.5 Å². The predicted octanol–water partition coefficient (Wildman–Crippen LogP) is 3.08. The van der Waals surface area contributed by atoms with E-state index in [1.165, 1.54) is 25.0 Å². The van der Waals surface area contributed by atoms with E-state index in [2.05, 4.69) is 5.32 Å². The van der Waals surface area contributed by atoms with Crippen LogP contribution in [-0.4, -0.2) is 24.2 Å². The van der Waals surface area contributed by atoms with E-state index in [9.17, 15) is 14.3 Å². The van der Waals surface area contributed by atoms with Gasteiger partial charge in [-0.2, -0.15) is 0 Å². The van der Waals surface area contributed by atoms with Crippen LogP contribution in [-0.2, 0) is 0 Å². The number of hydrogen-bond donors (Lipinski definition) is 2. The van der Waals surface area contributed by atoms with Gasteiger partial charge in [0.1, 0.15) is 11.6 Å². The molecular formula is C19H20FNO3. The summed E-state index contributed by atoms with van der Waals surface area (Å²) < 4.78 is 19.4. The summed E-state index contributed by atoms with van der Waals surface area (Å²) in [5, 5.41) is 12.7. The molecule has 0 spiro atoms. The molecule has 2 N–H and O–H groups in total. The van der Waals surface area contributed by atoms with Gasteiger partial charge in [-0.05, 0) is 37.0 Å². The predicted molar refractivity (Wildman–Crippen MR) is 88.4 cm³/mol. The molecule has 0 heterocycles.